The highest BCUT2D eigenvalue weighted by molar-refractivity contribution is 7.10. The minimum Gasteiger partial charge on any atom is -0.324 e. The van der Waals surface area contributed by atoms with E-state index in [1.807, 2.05) is 11.3 Å². The van der Waals surface area contributed by atoms with Crippen LogP contribution in [0.5, 0.6) is 0 Å². The minimum absolute atomic E-state index is 0.299. The minimum atomic E-state index is 0.299. The topological polar surface area (TPSA) is 26.0 Å². The standard InChI is InChI=1S/C11H17NS/c1-8-6-10(7-13-8)11(12)9-4-2-3-5-9/h6-7,9,11H,2-5,12H2,1H3. The van der Waals surface area contributed by atoms with Crippen LogP contribution in [0.3, 0.4) is 0 Å². The van der Waals surface area contributed by atoms with Gasteiger partial charge in [0.15, 0.2) is 0 Å². The molecule has 1 aliphatic carbocycles. The molecular weight excluding hydrogens is 178 g/mol. The van der Waals surface area contributed by atoms with Crippen molar-refractivity contribution < 1.29 is 0 Å². The molecule has 0 aromatic carbocycles. The van der Waals surface area contributed by atoms with Crippen molar-refractivity contribution in [2.24, 2.45) is 11.7 Å². The van der Waals surface area contributed by atoms with Gasteiger partial charge in [0.25, 0.3) is 0 Å². The lowest BCUT2D eigenvalue weighted by Crippen LogP contribution is -2.18. The predicted molar refractivity (Wildman–Crippen MR) is 57.9 cm³/mol. The molecule has 0 amide bonds. The Hall–Kier alpha value is -0.340. The summed E-state index contributed by atoms with van der Waals surface area (Å²) in [5.74, 6) is 0.744. The van der Waals surface area contributed by atoms with Gasteiger partial charge < -0.3 is 5.73 Å². The van der Waals surface area contributed by atoms with Crippen molar-refractivity contribution in [3.8, 4) is 0 Å². The van der Waals surface area contributed by atoms with Crippen LogP contribution in [0, 0.1) is 12.8 Å². The molecule has 2 rings (SSSR count). The fourth-order valence-electron chi connectivity index (χ4n) is 2.23. The summed E-state index contributed by atoms with van der Waals surface area (Å²) >= 11 is 1.81. The summed E-state index contributed by atoms with van der Waals surface area (Å²) in [6.07, 6.45) is 5.41. The molecule has 2 heteroatoms. The molecule has 0 aliphatic heterocycles. The second kappa shape index (κ2) is 3.81. The van der Waals surface area contributed by atoms with Crippen LogP contribution >= 0.6 is 11.3 Å². The molecule has 1 saturated carbocycles. The molecule has 13 heavy (non-hydrogen) atoms. The lowest BCUT2D eigenvalue weighted by molar-refractivity contribution is 0.446. The summed E-state index contributed by atoms with van der Waals surface area (Å²) < 4.78 is 0. The van der Waals surface area contributed by atoms with Crippen LogP contribution < -0.4 is 5.73 Å². The van der Waals surface area contributed by atoms with Crippen LogP contribution in [0.1, 0.15) is 42.2 Å². The number of hydrogen-bond donors (Lipinski definition) is 1. The lowest BCUT2D eigenvalue weighted by atomic mass is 9.94. The third kappa shape index (κ3) is 1.94. The second-order valence-electron chi connectivity index (χ2n) is 4.06. The van der Waals surface area contributed by atoms with Crippen LogP contribution in [0.2, 0.25) is 0 Å². The normalized spacial score (nSPS) is 20.8. The fourth-order valence-corrected chi connectivity index (χ4v) is 2.98. The average molecular weight is 195 g/mol. The van der Waals surface area contributed by atoms with Crippen molar-refractivity contribution in [2.75, 3.05) is 0 Å². The van der Waals surface area contributed by atoms with Gasteiger partial charge in [-0.25, -0.2) is 0 Å². The molecule has 1 heterocycles. The Morgan fingerprint density at radius 1 is 1.46 bits per heavy atom. The molecule has 1 nitrogen and oxygen atoms in total. The van der Waals surface area contributed by atoms with Crippen molar-refractivity contribution in [2.45, 2.75) is 38.6 Å². The van der Waals surface area contributed by atoms with Crippen LogP contribution in [-0.4, -0.2) is 0 Å². The third-order valence-electron chi connectivity index (χ3n) is 3.04. The third-order valence-corrected chi connectivity index (χ3v) is 3.92. The molecule has 0 spiro atoms. The van der Waals surface area contributed by atoms with Crippen molar-refractivity contribution in [1.29, 1.82) is 0 Å². The quantitative estimate of drug-likeness (QED) is 0.770. The summed E-state index contributed by atoms with van der Waals surface area (Å²) in [5, 5.41) is 2.22. The van der Waals surface area contributed by atoms with E-state index in [4.69, 9.17) is 5.73 Å². The van der Waals surface area contributed by atoms with Gasteiger partial charge in [-0.1, -0.05) is 12.8 Å². The van der Waals surface area contributed by atoms with E-state index in [2.05, 4.69) is 18.4 Å². The lowest BCUT2D eigenvalue weighted by Gasteiger charge is -2.17. The number of hydrogen-bond acceptors (Lipinski definition) is 2. The number of thiophene rings is 1. The first kappa shape index (κ1) is 9.22. The molecular formula is C11H17NS. The molecule has 1 aromatic rings. The number of nitrogens with two attached hydrogens (primary N) is 1. The van der Waals surface area contributed by atoms with E-state index in [0.29, 0.717) is 6.04 Å². The van der Waals surface area contributed by atoms with E-state index in [-0.39, 0.29) is 0 Å². The van der Waals surface area contributed by atoms with Crippen LogP contribution in [0.15, 0.2) is 11.4 Å². The van der Waals surface area contributed by atoms with E-state index < -0.39 is 0 Å². The Balaban J connectivity index is 2.07. The smallest absolute Gasteiger partial charge is 0.0331 e. The van der Waals surface area contributed by atoms with Gasteiger partial charge >= 0.3 is 0 Å². The molecule has 1 unspecified atom stereocenters. The van der Waals surface area contributed by atoms with Gasteiger partial charge in [0, 0.05) is 10.9 Å². The molecule has 0 radical (unpaired) electrons. The Labute approximate surface area is 84.0 Å². The van der Waals surface area contributed by atoms with Crippen LogP contribution in [0.25, 0.3) is 0 Å². The number of rotatable bonds is 2. The maximum absolute atomic E-state index is 6.22. The molecule has 72 valence electrons. The maximum Gasteiger partial charge on any atom is 0.0331 e. The first-order chi connectivity index (χ1) is 6.27. The monoisotopic (exact) mass is 195 g/mol. The average Bonchev–Trinajstić information content (AvgIpc) is 2.72. The molecule has 1 fully saturated rings. The van der Waals surface area contributed by atoms with Crippen molar-refractivity contribution in [3.63, 3.8) is 0 Å². The van der Waals surface area contributed by atoms with Gasteiger partial charge in [0.1, 0.15) is 0 Å². The van der Waals surface area contributed by atoms with E-state index >= 15 is 0 Å². The van der Waals surface area contributed by atoms with E-state index in [0.717, 1.165) is 5.92 Å². The molecule has 1 aromatic heterocycles. The van der Waals surface area contributed by atoms with Gasteiger partial charge in [0.2, 0.25) is 0 Å². The predicted octanol–water partition coefficient (Wildman–Crippen LogP) is 3.25. The zero-order chi connectivity index (χ0) is 9.26. The zero-order valence-corrected chi connectivity index (χ0v) is 8.94. The Bertz CT molecular complexity index is 273. The SMILES string of the molecule is Cc1cc(C(N)C2CCCC2)cs1. The van der Waals surface area contributed by atoms with Gasteiger partial charge in [0.05, 0.1) is 0 Å². The van der Waals surface area contributed by atoms with Gasteiger partial charge in [-0.05, 0) is 42.7 Å². The highest BCUT2D eigenvalue weighted by Gasteiger charge is 2.23. The molecule has 2 N–H and O–H groups in total. The van der Waals surface area contributed by atoms with E-state index in [1.165, 1.54) is 36.1 Å². The van der Waals surface area contributed by atoms with Gasteiger partial charge in [-0.2, -0.15) is 0 Å². The Morgan fingerprint density at radius 2 is 2.15 bits per heavy atom. The van der Waals surface area contributed by atoms with Crippen molar-refractivity contribution >= 4 is 11.3 Å². The molecule has 1 atom stereocenters. The molecule has 1 aliphatic rings. The summed E-state index contributed by atoms with van der Waals surface area (Å²) in [7, 11) is 0. The Morgan fingerprint density at radius 3 is 2.69 bits per heavy atom. The highest BCUT2D eigenvalue weighted by Crippen LogP contribution is 2.35. The second-order valence-corrected chi connectivity index (χ2v) is 5.18. The summed E-state index contributed by atoms with van der Waals surface area (Å²) in [6.45, 7) is 2.15. The summed E-state index contributed by atoms with van der Waals surface area (Å²) in [5.41, 5.74) is 7.58. The molecule has 0 bridgehead atoms. The molecule has 0 saturated heterocycles. The van der Waals surface area contributed by atoms with Crippen LogP contribution in [-0.2, 0) is 0 Å². The largest absolute Gasteiger partial charge is 0.324 e. The van der Waals surface area contributed by atoms with Crippen molar-refractivity contribution in [1.82, 2.24) is 0 Å². The zero-order valence-electron chi connectivity index (χ0n) is 8.12. The first-order valence-electron chi connectivity index (χ1n) is 5.08. The van der Waals surface area contributed by atoms with Gasteiger partial charge in [-0.3, -0.25) is 0 Å². The maximum atomic E-state index is 6.22. The number of aryl methyl sites for hydroxylation is 1. The first-order valence-corrected chi connectivity index (χ1v) is 5.96. The van der Waals surface area contributed by atoms with E-state index in [9.17, 15) is 0 Å². The van der Waals surface area contributed by atoms with Crippen molar-refractivity contribution in [3.05, 3.63) is 21.9 Å². The highest BCUT2D eigenvalue weighted by atomic mass is 32.1. The van der Waals surface area contributed by atoms with Crippen LogP contribution in [0.4, 0.5) is 0 Å². The van der Waals surface area contributed by atoms with E-state index in [1.54, 1.807) is 0 Å². The summed E-state index contributed by atoms with van der Waals surface area (Å²) in [6, 6.07) is 2.54. The Kier molecular flexibility index (Phi) is 2.70. The summed E-state index contributed by atoms with van der Waals surface area (Å²) in [4.78, 5) is 1.38. The van der Waals surface area contributed by atoms with Gasteiger partial charge in [-0.15, -0.1) is 11.3 Å². The fraction of sp³-hybridized carbons (Fsp3) is 0.636.